The molecule has 0 saturated carbocycles. The second kappa shape index (κ2) is 5.90. The second-order valence-electron chi connectivity index (χ2n) is 5.39. The van der Waals surface area contributed by atoms with Gasteiger partial charge in [-0.25, -0.2) is 4.98 Å². The zero-order valence-corrected chi connectivity index (χ0v) is 12.5. The fraction of sp³-hybridized carbons (Fsp3) is 0.222. The summed E-state index contributed by atoms with van der Waals surface area (Å²) in [6.45, 7) is 4.44. The Balaban J connectivity index is 1.81. The zero-order chi connectivity index (χ0) is 15.5. The Morgan fingerprint density at radius 1 is 1.23 bits per heavy atom. The topological polar surface area (TPSA) is 59.0 Å². The summed E-state index contributed by atoms with van der Waals surface area (Å²) in [5, 5.41) is 9.08. The fourth-order valence-corrected chi connectivity index (χ4v) is 2.18. The van der Waals surface area contributed by atoms with Crippen LogP contribution >= 0.6 is 0 Å². The Kier molecular flexibility index (Phi) is 3.80. The van der Waals surface area contributed by atoms with Gasteiger partial charge in [0.15, 0.2) is 11.5 Å². The lowest BCUT2D eigenvalue weighted by atomic mass is 10.1. The summed E-state index contributed by atoms with van der Waals surface area (Å²) in [6.07, 6.45) is 0. The number of rotatable bonds is 4. The van der Waals surface area contributed by atoms with Gasteiger partial charge in [-0.15, -0.1) is 0 Å². The van der Waals surface area contributed by atoms with E-state index in [0.717, 1.165) is 22.6 Å². The predicted octanol–water partition coefficient (Wildman–Crippen LogP) is 4.40. The van der Waals surface area contributed by atoms with Gasteiger partial charge in [-0.1, -0.05) is 32.0 Å². The number of hydrogen-bond donors (Lipinski definition) is 0. The van der Waals surface area contributed by atoms with Gasteiger partial charge < -0.3 is 9.15 Å². The molecule has 0 aliphatic carbocycles. The molecule has 0 unspecified atom stereocenters. The predicted molar refractivity (Wildman–Crippen MR) is 83.6 cm³/mol. The Morgan fingerprint density at radius 2 is 2.05 bits per heavy atom. The smallest absolute Gasteiger partial charge is 0.198 e. The third-order valence-corrected chi connectivity index (χ3v) is 3.40. The third-order valence-electron chi connectivity index (χ3n) is 3.40. The van der Waals surface area contributed by atoms with Gasteiger partial charge in [-0.3, -0.25) is 0 Å². The Labute approximate surface area is 129 Å². The maximum Gasteiger partial charge on any atom is 0.198 e. The summed E-state index contributed by atoms with van der Waals surface area (Å²) >= 11 is 0. The molecule has 4 heteroatoms. The number of aromatic nitrogens is 1. The van der Waals surface area contributed by atoms with Crippen LogP contribution in [0.25, 0.3) is 11.1 Å². The molecule has 0 bridgehead atoms. The van der Waals surface area contributed by atoms with E-state index in [1.54, 1.807) is 6.07 Å². The van der Waals surface area contributed by atoms with Gasteiger partial charge in [0.25, 0.3) is 0 Å². The lowest BCUT2D eigenvalue weighted by Crippen LogP contribution is -1.97. The van der Waals surface area contributed by atoms with Crippen LogP contribution in [0.1, 0.15) is 36.8 Å². The van der Waals surface area contributed by atoms with Crippen LogP contribution in [0, 0.1) is 11.3 Å². The number of oxazole rings is 1. The van der Waals surface area contributed by atoms with Crippen molar-refractivity contribution >= 4 is 11.1 Å². The Bertz CT molecular complexity index is 844. The van der Waals surface area contributed by atoms with Gasteiger partial charge in [0.2, 0.25) is 0 Å². The van der Waals surface area contributed by atoms with E-state index in [4.69, 9.17) is 14.4 Å². The van der Waals surface area contributed by atoms with Crippen molar-refractivity contribution in [3.63, 3.8) is 0 Å². The number of fused-ring (bicyclic) bond motifs is 1. The number of nitrogens with zero attached hydrogens (tertiary/aromatic N) is 2. The quantitative estimate of drug-likeness (QED) is 0.715. The molecule has 0 fully saturated rings. The summed E-state index contributed by atoms with van der Waals surface area (Å²) in [6, 6.07) is 15.2. The van der Waals surface area contributed by atoms with Crippen molar-refractivity contribution in [2.75, 3.05) is 0 Å². The molecule has 22 heavy (non-hydrogen) atoms. The minimum absolute atomic E-state index is 0.249. The molecule has 3 rings (SSSR count). The molecule has 4 nitrogen and oxygen atoms in total. The van der Waals surface area contributed by atoms with E-state index >= 15 is 0 Å². The Hall–Kier alpha value is -2.80. The minimum atomic E-state index is 0.249. The van der Waals surface area contributed by atoms with Crippen molar-refractivity contribution in [2.45, 2.75) is 26.4 Å². The minimum Gasteiger partial charge on any atom is -0.489 e. The lowest BCUT2D eigenvalue weighted by molar-refractivity contribution is 0.306. The van der Waals surface area contributed by atoms with Gasteiger partial charge in [0.05, 0.1) is 11.6 Å². The molecule has 0 saturated heterocycles. The van der Waals surface area contributed by atoms with E-state index in [9.17, 15) is 0 Å². The molecule has 3 aromatic rings. The highest BCUT2D eigenvalue weighted by atomic mass is 16.5. The van der Waals surface area contributed by atoms with Crippen LogP contribution in [0.15, 0.2) is 46.9 Å². The van der Waals surface area contributed by atoms with Gasteiger partial charge in [0, 0.05) is 17.5 Å². The highest BCUT2D eigenvalue weighted by Gasteiger charge is 2.10. The SMILES string of the molecule is CC(C)c1nc2cc(OCc3ccccc3C#N)ccc2o1. The maximum atomic E-state index is 9.08. The van der Waals surface area contributed by atoms with E-state index in [1.165, 1.54) is 0 Å². The Morgan fingerprint density at radius 3 is 2.82 bits per heavy atom. The fourth-order valence-electron chi connectivity index (χ4n) is 2.18. The lowest BCUT2D eigenvalue weighted by Gasteiger charge is -2.07. The van der Waals surface area contributed by atoms with E-state index in [-0.39, 0.29) is 5.92 Å². The molecule has 110 valence electrons. The summed E-state index contributed by atoms with van der Waals surface area (Å²) in [4.78, 5) is 4.46. The summed E-state index contributed by atoms with van der Waals surface area (Å²) < 4.78 is 11.5. The van der Waals surface area contributed by atoms with Crippen LogP contribution < -0.4 is 4.74 Å². The first-order valence-corrected chi connectivity index (χ1v) is 7.18. The van der Waals surface area contributed by atoms with E-state index in [1.807, 2.05) is 50.2 Å². The van der Waals surface area contributed by atoms with Gasteiger partial charge in [-0.05, 0) is 18.2 Å². The monoisotopic (exact) mass is 292 g/mol. The van der Waals surface area contributed by atoms with Crippen molar-refractivity contribution in [3.05, 3.63) is 59.5 Å². The van der Waals surface area contributed by atoms with Crippen molar-refractivity contribution in [3.8, 4) is 11.8 Å². The summed E-state index contributed by atoms with van der Waals surface area (Å²) in [7, 11) is 0. The van der Waals surface area contributed by atoms with Crippen molar-refractivity contribution in [1.82, 2.24) is 4.98 Å². The third kappa shape index (κ3) is 2.79. The normalized spacial score (nSPS) is 10.8. The van der Waals surface area contributed by atoms with E-state index in [0.29, 0.717) is 17.9 Å². The molecular formula is C18H16N2O2. The molecule has 0 radical (unpaired) electrons. The number of benzene rings is 2. The van der Waals surface area contributed by atoms with Crippen molar-refractivity contribution in [2.24, 2.45) is 0 Å². The first kappa shape index (κ1) is 14.2. The van der Waals surface area contributed by atoms with E-state index in [2.05, 4.69) is 11.1 Å². The van der Waals surface area contributed by atoms with Crippen LogP contribution in [-0.4, -0.2) is 4.98 Å². The largest absolute Gasteiger partial charge is 0.489 e. The van der Waals surface area contributed by atoms with Crippen molar-refractivity contribution < 1.29 is 9.15 Å². The van der Waals surface area contributed by atoms with Crippen LogP contribution in [-0.2, 0) is 6.61 Å². The second-order valence-corrected chi connectivity index (χ2v) is 5.39. The molecule has 0 spiro atoms. The molecule has 0 aliphatic heterocycles. The molecular weight excluding hydrogens is 276 g/mol. The highest BCUT2D eigenvalue weighted by Crippen LogP contribution is 2.25. The first-order chi connectivity index (χ1) is 10.7. The number of nitriles is 1. The maximum absolute atomic E-state index is 9.08. The van der Waals surface area contributed by atoms with Gasteiger partial charge in [-0.2, -0.15) is 5.26 Å². The molecule has 1 aromatic heterocycles. The molecule has 2 aromatic carbocycles. The van der Waals surface area contributed by atoms with Crippen LogP contribution in [0.5, 0.6) is 5.75 Å². The average Bonchev–Trinajstić information content (AvgIpc) is 2.96. The molecule has 0 amide bonds. The summed E-state index contributed by atoms with van der Waals surface area (Å²) in [5.74, 6) is 1.69. The van der Waals surface area contributed by atoms with Crippen LogP contribution in [0.2, 0.25) is 0 Å². The first-order valence-electron chi connectivity index (χ1n) is 7.18. The zero-order valence-electron chi connectivity index (χ0n) is 12.5. The van der Waals surface area contributed by atoms with Crippen LogP contribution in [0.4, 0.5) is 0 Å². The molecule has 1 heterocycles. The van der Waals surface area contributed by atoms with E-state index < -0.39 is 0 Å². The molecule has 0 aliphatic rings. The van der Waals surface area contributed by atoms with Crippen LogP contribution in [0.3, 0.4) is 0 Å². The average molecular weight is 292 g/mol. The number of hydrogen-bond acceptors (Lipinski definition) is 4. The molecule has 0 atom stereocenters. The molecule has 0 N–H and O–H groups in total. The van der Waals surface area contributed by atoms with Crippen molar-refractivity contribution in [1.29, 1.82) is 5.26 Å². The standard InChI is InChI=1S/C18H16N2O2/c1-12(2)18-20-16-9-15(7-8-17(16)22-18)21-11-14-6-4-3-5-13(14)10-19/h3-9,12H,11H2,1-2H3. The van der Waals surface area contributed by atoms with Gasteiger partial charge >= 0.3 is 0 Å². The van der Waals surface area contributed by atoms with Gasteiger partial charge in [0.1, 0.15) is 17.9 Å². The number of ether oxygens (including phenoxy) is 1. The highest BCUT2D eigenvalue weighted by molar-refractivity contribution is 5.74. The summed E-state index contributed by atoms with van der Waals surface area (Å²) in [5.41, 5.74) is 3.04.